The van der Waals surface area contributed by atoms with E-state index < -0.39 is 11.8 Å². The van der Waals surface area contributed by atoms with E-state index >= 15 is 0 Å². The molecule has 136 valence electrons. The number of benzene rings is 1. The van der Waals surface area contributed by atoms with Crippen LogP contribution in [0.5, 0.6) is 0 Å². The van der Waals surface area contributed by atoms with Gasteiger partial charge < -0.3 is 0 Å². The third-order valence-electron chi connectivity index (χ3n) is 5.65. The minimum Gasteiger partial charge on any atom is -0.272 e. The number of amides is 2. The minimum absolute atomic E-state index is 0.118. The summed E-state index contributed by atoms with van der Waals surface area (Å²) >= 11 is 0. The van der Waals surface area contributed by atoms with Gasteiger partial charge in [0.2, 0.25) is 0 Å². The van der Waals surface area contributed by atoms with Gasteiger partial charge in [0.1, 0.15) is 6.61 Å². The van der Waals surface area contributed by atoms with Crippen molar-refractivity contribution in [3.8, 4) is 0 Å². The molecule has 2 amide bonds. The third kappa shape index (κ3) is 2.65. The summed E-state index contributed by atoms with van der Waals surface area (Å²) in [4.78, 5) is 30.5. The summed E-state index contributed by atoms with van der Waals surface area (Å²) in [7, 11) is 1.92. The topological polar surface area (TPSA) is 64.4 Å². The average molecular weight is 353 g/mol. The predicted octanol–water partition coefficient (Wildman–Crippen LogP) is 3.36. The number of hydrogen-bond acceptors (Lipinski definition) is 4. The molecule has 1 fully saturated rings. The summed E-state index contributed by atoms with van der Waals surface area (Å²) < 4.78 is 1.86. The minimum atomic E-state index is -0.408. The zero-order valence-corrected chi connectivity index (χ0v) is 15.4. The molecule has 2 atom stereocenters. The largest absolute Gasteiger partial charge is 0.285 e. The Labute approximate surface area is 152 Å². The van der Waals surface area contributed by atoms with Gasteiger partial charge in [0.15, 0.2) is 0 Å². The number of fused-ring (bicyclic) bond motifs is 1. The molecule has 0 N–H and O–H groups in total. The SMILES string of the molecule is Cc1c(C2CCC(C)C2)c(CON2C(=O)c3ccccc3C2=O)nn1C. The summed E-state index contributed by atoms with van der Waals surface area (Å²) in [5.74, 6) is 0.368. The lowest BCUT2D eigenvalue weighted by atomic mass is 9.94. The van der Waals surface area contributed by atoms with Crippen molar-refractivity contribution in [2.24, 2.45) is 13.0 Å². The molecule has 0 radical (unpaired) electrons. The van der Waals surface area contributed by atoms with Gasteiger partial charge in [-0.25, -0.2) is 0 Å². The number of hydroxylamine groups is 2. The zero-order valence-electron chi connectivity index (χ0n) is 15.4. The van der Waals surface area contributed by atoms with Crippen molar-refractivity contribution in [1.82, 2.24) is 14.8 Å². The molecule has 2 aromatic rings. The smallest absolute Gasteiger partial charge is 0.272 e. The monoisotopic (exact) mass is 353 g/mol. The maximum atomic E-state index is 12.4. The normalized spacial score (nSPS) is 22.3. The van der Waals surface area contributed by atoms with Crippen molar-refractivity contribution in [1.29, 1.82) is 0 Å². The number of nitrogens with zero attached hydrogens (tertiary/aromatic N) is 3. The van der Waals surface area contributed by atoms with Crippen LogP contribution in [0.25, 0.3) is 0 Å². The molecule has 0 spiro atoms. The molecule has 26 heavy (non-hydrogen) atoms. The number of imide groups is 1. The fraction of sp³-hybridized carbons (Fsp3) is 0.450. The lowest BCUT2D eigenvalue weighted by molar-refractivity contribution is -0.102. The molecule has 1 saturated carbocycles. The van der Waals surface area contributed by atoms with Gasteiger partial charge in [-0.1, -0.05) is 25.5 Å². The molecule has 2 heterocycles. The van der Waals surface area contributed by atoms with Crippen LogP contribution in [-0.2, 0) is 18.5 Å². The second-order valence-corrected chi connectivity index (χ2v) is 7.41. The first-order chi connectivity index (χ1) is 12.5. The summed E-state index contributed by atoms with van der Waals surface area (Å²) in [5, 5.41) is 5.45. The molecule has 0 bridgehead atoms. The van der Waals surface area contributed by atoms with Crippen molar-refractivity contribution in [2.75, 3.05) is 0 Å². The fourth-order valence-electron chi connectivity index (χ4n) is 4.21. The fourth-order valence-corrected chi connectivity index (χ4v) is 4.21. The lowest BCUT2D eigenvalue weighted by Crippen LogP contribution is -2.30. The van der Waals surface area contributed by atoms with Gasteiger partial charge in [-0.2, -0.15) is 5.10 Å². The van der Waals surface area contributed by atoms with E-state index in [0.29, 0.717) is 23.0 Å². The maximum absolute atomic E-state index is 12.4. The molecule has 6 heteroatoms. The van der Waals surface area contributed by atoms with Crippen LogP contribution in [0.2, 0.25) is 0 Å². The second-order valence-electron chi connectivity index (χ2n) is 7.41. The van der Waals surface area contributed by atoms with E-state index in [2.05, 4.69) is 18.9 Å². The Morgan fingerprint density at radius 1 is 1.15 bits per heavy atom. The van der Waals surface area contributed by atoms with Crippen LogP contribution < -0.4 is 0 Å². The molecule has 2 aliphatic rings. The van der Waals surface area contributed by atoms with Gasteiger partial charge in [-0.3, -0.25) is 19.1 Å². The van der Waals surface area contributed by atoms with E-state index in [4.69, 9.17) is 4.84 Å². The van der Waals surface area contributed by atoms with E-state index in [9.17, 15) is 9.59 Å². The Kier molecular flexibility index (Phi) is 4.15. The number of hydrogen-bond donors (Lipinski definition) is 0. The Bertz CT molecular complexity index is 851. The lowest BCUT2D eigenvalue weighted by Gasteiger charge is -2.15. The number of aromatic nitrogens is 2. The van der Waals surface area contributed by atoms with Gasteiger partial charge in [0.25, 0.3) is 11.8 Å². The molecule has 1 aromatic carbocycles. The molecule has 1 aliphatic carbocycles. The Balaban J connectivity index is 1.55. The highest BCUT2D eigenvalue weighted by atomic mass is 16.7. The quantitative estimate of drug-likeness (QED) is 0.791. The molecular formula is C20H23N3O3. The predicted molar refractivity (Wildman–Crippen MR) is 95.4 cm³/mol. The van der Waals surface area contributed by atoms with Crippen molar-refractivity contribution < 1.29 is 14.4 Å². The molecule has 1 aliphatic heterocycles. The molecule has 0 saturated heterocycles. The van der Waals surface area contributed by atoms with Crippen LogP contribution in [0.15, 0.2) is 24.3 Å². The van der Waals surface area contributed by atoms with E-state index in [0.717, 1.165) is 29.3 Å². The average Bonchev–Trinajstić information content (AvgIpc) is 3.24. The van der Waals surface area contributed by atoms with E-state index in [-0.39, 0.29) is 6.61 Å². The molecule has 4 rings (SSSR count). The first-order valence-corrected chi connectivity index (χ1v) is 9.10. The maximum Gasteiger partial charge on any atom is 0.285 e. The molecule has 2 unspecified atom stereocenters. The summed E-state index contributed by atoms with van der Waals surface area (Å²) in [6.45, 7) is 4.46. The number of aryl methyl sites for hydroxylation is 1. The van der Waals surface area contributed by atoms with Crippen molar-refractivity contribution in [3.63, 3.8) is 0 Å². The highest BCUT2D eigenvalue weighted by molar-refractivity contribution is 6.20. The summed E-state index contributed by atoms with van der Waals surface area (Å²) in [6.07, 6.45) is 3.51. The van der Waals surface area contributed by atoms with Crippen LogP contribution in [0.1, 0.15) is 69.8 Å². The van der Waals surface area contributed by atoms with Gasteiger partial charge in [0, 0.05) is 18.3 Å². The Morgan fingerprint density at radius 3 is 2.38 bits per heavy atom. The van der Waals surface area contributed by atoms with Crippen LogP contribution in [-0.4, -0.2) is 26.7 Å². The highest BCUT2D eigenvalue weighted by Gasteiger charge is 2.37. The van der Waals surface area contributed by atoms with E-state index in [1.807, 2.05) is 11.7 Å². The first kappa shape index (κ1) is 17.0. The van der Waals surface area contributed by atoms with Gasteiger partial charge >= 0.3 is 0 Å². The van der Waals surface area contributed by atoms with Crippen molar-refractivity contribution in [2.45, 2.75) is 45.6 Å². The molecule has 6 nitrogen and oxygen atoms in total. The first-order valence-electron chi connectivity index (χ1n) is 9.10. The number of carbonyl (C=O) groups excluding carboxylic acids is 2. The van der Waals surface area contributed by atoms with Crippen LogP contribution >= 0.6 is 0 Å². The van der Waals surface area contributed by atoms with Crippen LogP contribution in [0, 0.1) is 12.8 Å². The zero-order chi connectivity index (χ0) is 18.4. The third-order valence-corrected chi connectivity index (χ3v) is 5.65. The van der Waals surface area contributed by atoms with Gasteiger partial charge in [-0.05, 0) is 43.7 Å². The van der Waals surface area contributed by atoms with Gasteiger partial charge in [0.05, 0.1) is 16.8 Å². The van der Waals surface area contributed by atoms with E-state index in [1.54, 1.807) is 24.3 Å². The van der Waals surface area contributed by atoms with Gasteiger partial charge in [-0.15, -0.1) is 5.06 Å². The molecular weight excluding hydrogens is 330 g/mol. The molecule has 1 aromatic heterocycles. The Hall–Kier alpha value is -2.47. The highest BCUT2D eigenvalue weighted by Crippen LogP contribution is 2.40. The van der Waals surface area contributed by atoms with Crippen molar-refractivity contribution >= 4 is 11.8 Å². The number of carbonyl (C=O) groups is 2. The van der Waals surface area contributed by atoms with Crippen molar-refractivity contribution in [3.05, 3.63) is 52.3 Å². The number of rotatable bonds is 4. The Morgan fingerprint density at radius 2 is 1.81 bits per heavy atom. The summed E-state index contributed by atoms with van der Waals surface area (Å²) in [6, 6.07) is 6.79. The standard InChI is InChI=1S/C20H23N3O3/c1-12-8-9-14(10-12)18-13(2)22(3)21-17(18)11-26-23-19(24)15-6-4-5-7-16(15)20(23)25/h4-7,12,14H,8-11H2,1-3H3. The second kappa shape index (κ2) is 6.36. The van der Waals surface area contributed by atoms with E-state index in [1.165, 1.54) is 12.0 Å². The summed E-state index contributed by atoms with van der Waals surface area (Å²) in [5.41, 5.74) is 3.94. The van der Waals surface area contributed by atoms with Crippen LogP contribution in [0.3, 0.4) is 0 Å². The van der Waals surface area contributed by atoms with Crippen LogP contribution in [0.4, 0.5) is 0 Å².